The Hall–Kier alpha value is -1.46. The SMILES string of the molecule is NC(C(=O)OC1CN2CCC1CC2)c1cccnc1. The van der Waals surface area contributed by atoms with Crippen molar-refractivity contribution in [1.82, 2.24) is 9.88 Å². The summed E-state index contributed by atoms with van der Waals surface area (Å²) in [5.41, 5.74) is 6.63. The number of hydrogen-bond donors (Lipinski definition) is 1. The van der Waals surface area contributed by atoms with Gasteiger partial charge in [-0.25, -0.2) is 4.79 Å². The number of pyridine rings is 1. The Morgan fingerprint density at radius 1 is 1.47 bits per heavy atom. The average molecular weight is 261 g/mol. The molecule has 3 aliphatic heterocycles. The van der Waals surface area contributed by atoms with Gasteiger partial charge in [0, 0.05) is 18.9 Å². The zero-order valence-electron chi connectivity index (χ0n) is 10.9. The molecule has 1 aromatic rings. The molecule has 2 N–H and O–H groups in total. The molecule has 2 bridgehead atoms. The van der Waals surface area contributed by atoms with Gasteiger partial charge in [0.25, 0.3) is 0 Å². The molecule has 5 nitrogen and oxygen atoms in total. The largest absolute Gasteiger partial charge is 0.459 e. The van der Waals surface area contributed by atoms with Crippen molar-refractivity contribution in [2.24, 2.45) is 11.7 Å². The highest BCUT2D eigenvalue weighted by Gasteiger charge is 2.37. The molecule has 0 saturated carbocycles. The van der Waals surface area contributed by atoms with E-state index in [0.29, 0.717) is 11.5 Å². The zero-order chi connectivity index (χ0) is 13.2. The van der Waals surface area contributed by atoms with Crippen LogP contribution in [-0.2, 0) is 9.53 Å². The van der Waals surface area contributed by atoms with Crippen LogP contribution in [-0.4, -0.2) is 41.6 Å². The third-order valence-corrected chi connectivity index (χ3v) is 4.16. The Morgan fingerprint density at radius 2 is 2.26 bits per heavy atom. The predicted molar refractivity (Wildman–Crippen MR) is 70.2 cm³/mol. The number of nitrogens with zero attached hydrogens (tertiary/aromatic N) is 2. The Bertz CT molecular complexity index is 443. The summed E-state index contributed by atoms with van der Waals surface area (Å²) in [7, 11) is 0. The Kier molecular flexibility index (Phi) is 3.48. The molecule has 19 heavy (non-hydrogen) atoms. The lowest BCUT2D eigenvalue weighted by Crippen LogP contribution is -2.52. The third-order valence-electron chi connectivity index (χ3n) is 4.16. The lowest BCUT2D eigenvalue weighted by Gasteiger charge is -2.44. The van der Waals surface area contributed by atoms with Crippen LogP contribution in [0.4, 0.5) is 0 Å². The number of hydrogen-bond acceptors (Lipinski definition) is 5. The van der Waals surface area contributed by atoms with Crippen molar-refractivity contribution in [3.05, 3.63) is 30.1 Å². The molecule has 0 radical (unpaired) electrons. The maximum atomic E-state index is 12.1. The highest BCUT2D eigenvalue weighted by molar-refractivity contribution is 5.77. The molecular formula is C14H19N3O2. The molecule has 3 saturated heterocycles. The van der Waals surface area contributed by atoms with Crippen LogP contribution >= 0.6 is 0 Å². The van der Waals surface area contributed by atoms with Crippen molar-refractivity contribution in [2.45, 2.75) is 25.0 Å². The van der Waals surface area contributed by atoms with E-state index in [0.717, 1.165) is 32.5 Å². The molecule has 102 valence electrons. The fraction of sp³-hybridized carbons (Fsp3) is 0.571. The number of carbonyl (C=O) groups is 1. The summed E-state index contributed by atoms with van der Waals surface area (Å²) in [4.78, 5) is 18.4. The molecule has 4 heterocycles. The van der Waals surface area contributed by atoms with E-state index < -0.39 is 6.04 Å². The second kappa shape index (κ2) is 5.27. The van der Waals surface area contributed by atoms with Crippen LogP contribution in [0.15, 0.2) is 24.5 Å². The predicted octanol–water partition coefficient (Wildman–Crippen LogP) is 0.719. The Balaban J connectivity index is 1.62. The fourth-order valence-corrected chi connectivity index (χ4v) is 2.96. The molecule has 4 rings (SSSR count). The van der Waals surface area contributed by atoms with E-state index >= 15 is 0 Å². The van der Waals surface area contributed by atoms with Crippen LogP contribution in [0.5, 0.6) is 0 Å². The van der Waals surface area contributed by atoms with E-state index in [-0.39, 0.29) is 12.1 Å². The normalized spacial score (nSPS) is 30.9. The summed E-state index contributed by atoms with van der Waals surface area (Å²) >= 11 is 0. The van der Waals surface area contributed by atoms with Gasteiger partial charge in [0.05, 0.1) is 0 Å². The van der Waals surface area contributed by atoms with Crippen LogP contribution < -0.4 is 5.73 Å². The number of piperidine rings is 3. The van der Waals surface area contributed by atoms with Gasteiger partial charge in [-0.05, 0) is 43.5 Å². The van der Waals surface area contributed by atoms with Gasteiger partial charge < -0.3 is 10.5 Å². The monoisotopic (exact) mass is 261 g/mol. The molecule has 0 spiro atoms. The maximum Gasteiger partial charge on any atom is 0.327 e. The smallest absolute Gasteiger partial charge is 0.327 e. The molecule has 2 atom stereocenters. The number of rotatable bonds is 3. The molecular weight excluding hydrogens is 242 g/mol. The summed E-state index contributed by atoms with van der Waals surface area (Å²) in [6.07, 6.45) is 5.54. The van der Waals surface area contributed by atoms with E-state index in [9.17, 15) is 4.79 Å². The lowest BCUT2D eigenvalue weighted by molar-refractivity contribution is -0.160. The van der Waals surface area contributed by atoms with Gasteiger partial charge >= 0.3 is 5.97 Å². The molecule has 3 fully saturated rings. The summed E-state index contributed by atoms with van der Waals surface area (Å²) in [5.74, 6) is 0.168. The quantitative estimate of drug-likeness (QED) is 0.812. The van der Waals surface area contributed by atoms with Crippen LogP contribution in [0.2, 0.25) is 0 Å². The van der Waals surface area contributed by atoms with Crippen molar-refractivity contribution >= 4 is 5.97 Å². The summed E-state index contributed by atoms with van der Waals surface area (Å²) < 4.78 is 5.61. The number of carbonyl (C=O) groups excluding carboxylic acids is 1. The first-order valence-electron chi connectivity index (χ1n) is 6.82. The van der Waals surface area contributed by atoms with E-state index in [1.165, 1.54) is 0 Å². The number of aromatic nitrogens is 1. The average Bonchev–Trinajstić information content (AvgIpc) is 2.48. The highest BCUT2D eigenvalue weighted by atomic mass is 16.5. The summed E-state index contributed by atoms with van der Waals surface area (Å²) in [6, 6.07) is 2.84. The second-order valence-corrected chi connectivity index (χ2v) is 5.38. The highest BCUT2D eigenvalue weighted by Crippen LogP contribution is 2.30. The van der Waals surface area contributed by atoms with Gasteiger partial charge in [-0.15, -0.1) is 0 Å². The first kappa shape index (κ1) is 12.6. The van der Waals surface area contributed by atoms with Gasteiger partial charge in [0.1, 0.15) is 12.1 Å². The minimum absolute atomic E-state index is 0.0118. The van der Waals surface area contributed by atoms with E-state index in [4.69, 9.17) is 10.5 Å². The second-order valence-electron chi connectivity index (χ2n) is 5.38. The van der Waals surface area contributed by atoms with Gasteiger partial charge in [0.15, 0.2) is 0 Å². The third kappa shape index (κ3) is 2.62. The Labute approximate surface area is 112 Å². The number of ether oxygens (including phenoxy) is 1. The van der Waals surface area contributed by atoms with Crippen molar-refractivity contribution in [2.75, 3.05) is 19.6 Å². The van der Waals surface area contributed by atoms with E-state index in [1.54, 1.807) is 24.5 Å². The fourth-order valence-electron chi connectivity index (χ4n) is 2.96. The van der Waals surface area contributed by atoms with Crippen molar-refractivity contribution in [1.29, 1.82) is 0 Å². The zero-order valence-corrected chi connectivity index (χ0v) is 10.9. The molecule has 1 aromatic heterocycles. The lowest BCUT2D eigenvalue weighted by atomic mass is 9.86. The van der Waals surface area contributed by atoms with Crippen molar-refractivity contribution in [3.8, 4) is 0 Å². The van der Waals surface area contributed by atoms with Crippen LogP contribution in [0.3, 0.4) is 0 Å². The van der Waals surface area contributed by atoms with Crippen molar-refractivity contribution < 1.29 is 9.53 Å². The summed E-state index contributed by atoms with van der Waals surface area (Å²) in [6.45, 7) is 3.12. The van der Waals surface area contributed by atoms with Gasteiger partial charge in [0.2, 0.25) is 0 Å². The van der Waals surface area contributed by atoms with E-state index in [1.807, 2.05) is 0 Å². The first-order valence-corrected chi connectivity index (χ1v) is 6.82. The molecule has 3 aliphatic rings. The maximum absolute atomic E-state index is 12.1. The van der Waals surface area contributed by atoms with Crippen LogP contribution in [0.25, 0.3) is 0 Å². The summed E-state index contributed by atoms with van der Waals surface area (Å²) in [5, 5.41) is 0. The van der Waals surface area contributed by atoms with E-state index in [2.05, 4.69) is 9.88 Å². The minimum atomic E-state index is -0.732. The van der Waals surface area contributed by atoms with Gasteiger partial charge in [-0.2, -0.15) is 0 Å². The standard InChI is InChI=1S/C14H19N3O2/c15-13(11-2-1-5-16-8-11)14(18)19-12-9-17-6-3-10(12)4-7-17/h1-2,5,8,10,12-13H,3-4,6-7,9,15H2. The van der Waals surface area contributed by atoms with Crippen LogP contribution in [0, 0.1) is 5.92 Å². The first-order chi connectivity index (χ1) is 9.24. The molecule has 2 unspecified atom stereocenters. The number of fused-ring (bicyclic) bond motifs is 3. The molecule has 5 heteroatoms. The van der Waals surface area contributed by atoms with Crippen LogP contribution in [0.1, 0.15) is 24.4 Å². The van der Waals surface area contributed by atoms with Gasteiger partial charge in [-0.1, -0.05) is 6.07 Å². The van der Waals surface area contributed by atoms with Gasteiger partial charge in [-0.3, -0.25) is 9.88 Å². The Morgan fingerprint density at radius 3 is 2.84 bits per heavy atom. The minimum Gasteiger partial charge on any atom is -0.459 e. The molecule has 0 amide bonds. The molecule has 0 aromatic carbocycles. The number of esters is 1. The number of nitrogens with two attached hydrogens (primary N) is 1. The molecule has 0 aliphatic carbocycles. The van der Waals surface area contributed by atoms with Crippen molar-refractivity contribution in [3.63, 3.8) is 0 Å². The topological polar surface area (TPSA) is 68.5 Å².